The van der Waals surface area contributed by atoms with Crippen LogP contribution in [0.25, 0.3) is 11.1 Å². The van der Waals surface area contributed by atoms with E-state index in [0.29, 0.717) is 11.1 Å². The predicted octanol–water partition coefficient (Wildman–Crippen LogP) is -2.28. The fourth-order valence-electron chi connectivity index (χ4n) is 3.01. The van der Waals surface area contributed by atoms with Gasteiger partial charge >= 0.3 is 0 Å². The highest BCUT2D eigenvalue weighted by Gasteiger charge is 2.34. The van der Waals surface area contributed by atoms with Gasteiger partial charge in [-0.3, -0.25) is 0 Å². The standard InChI is InChI=1S/C15H23N9O4S2/c1-8(7-16)22-30(27,28)11-3-2-10(9-4-5-19-12(17)6-9)13(14(11)29(18,25)26)15-20-23-24-21-15/h2-6,8,15,20-24H,7,16H2,1H3,(H2,17,19)(H2,18,25,26)/t8-/m0/s1. The number of hydrogen-bond acceptors (Lipinski definition) is 11. The minimum atomic E-state index is -4.50. The summed E-state index contributed by atoms with van der Waals surface area (Å²) < 4.78 is 53.5. The fourth-order valence-corrected chi connectivity index (χ4v) is 5.93. The summed E-state index contributed by atoms with van der Waals surface area (Å²) in [4.78, 5) is 2.86. The SMILES string of the molecule is C[C@@H](CN)NS(=O)(=O)c1ccc(-c2ccnc(N)c2)c(C2NNNN2)c1S(N)(=O)=O. The third kappa shape index (κ3) is 4.59. The van der Waals surface area contributed by atoms with Gasteiger partial charge in [0.05, 0.1) is 0 Å². The molecule has 0 bridgehead atoms. The predicted molar refractivity (Wildman–Crippen MR) is 110 cm³/mol. The second kappa shape index (κ2) is 8.50. The zero-order valence-electron chi connectivity index (χ0n) is 15.9. The van der Waals surface area contributed by atoms with Crippen LogP contribution in [-0.4, -0.2) is 34.4 Å². The lowest BCUT2D eigenvalue weighted by atomic mass is 9.98. The Morgan fingerprint density at radius 2 is 1.83 bits per heavy atom. The van der Waals surface area contributed by atoms with Crippen molar-refractivity contribution in [2.24, 2.45) is 10.9 Å². The summed E-state index contributed by atoms with van der Waals surface area (Å²) in [6, 6.07) is 5.17. The van der Waals surface area contributed by atoms with E-state index in [9.17, 15) is 16.8 Å². The number of anilines is 1. The van der Waals surface area contributed by atoms with Crippen molar-refractivity contribution in [1.82, 2.24) is 31.6 Å². The first-order chi connectivity index (χ1) is 14.0. The van der Waals surface area contributed by atoms with Crippen LogP contribution in [0.3, 0.4) is 0 Å². The van der Waals surface area contributed by atoms with Crippen LogP contribution < -0.4 is 43.2 Å². The molecule has 15 heteroatoms. The van der Waals surface area contributed by atoms with Gasteiger partial charge in [0.2, 0.25) is 20.0 Å². The van der Waals surface area contributed by atoms with E-state index in [-0.39, 0.29) is 17.9 Å². The van der Waals surface area contributed by atoms with E-state index in [2.05, 4.69) is 31.6 Å². The molecule has 0 amide bonds. The van der Waals surface area contributed by atoms with Crippen LogP contribution in [0, 0.1) is 0 Å². The number of benzene rings is 1. The third-order valence-electron chi connectivity index (χ3n) is 4.32. The van der Waals surface area contributed by atoms with Gasteiger partial charge in [-0.05, 0) is 36.2 Å². The van der Waals surface area contributed by atoms with Crippen LogP contribution in [0.15, 0.2) is 40.3 Å². The molecule has 1 saturated heterocycles. The smallest absolute Gasteiger partial charge is 0.242 e. The van der Waals surface area contributed by atoms with E-state index in [1.165, 1.54) is 24.4 Å². The first-order valence-electron chi connectivity index (χ1n) is 8.69. The average Bonchev–Trinajstić information content (AvgIpc) is 3.20. The van der Waals surface area contributed by atoms with E-state index in [0.717, 1.165) is 0 Å². The Morgan fingerprint density at radius 3 is 2.40 bits per heavy atom. The van der Waals surface area contributed by atoms with Crippen molar-refractivity contribution in [3.05, 3.63) is 36.0 Å². The number of rotatable bonds is 7. The summed E-state index contributed by atoms with van der Waals surface area (Å²) in [6.45, 7) is 1.57. The number of nitrogens with zero attached hydrogens (tertiary/aromatic N) is 1. The molecule has 0 unspecified atom stereocenters. The van der Waals surface area contributed by atoms with Gasteiger partial charge in [-0.2, -0.15) is 11.1 Å². The summed E-state index contributed by atoms with van der Waals surface area (Å²) in [5, 5.41) is 5.48. The number of pyridine rings is 1. The van der Waals surface area contributed by atoms with Crippen molar-refractivity contribution >= 4 is 25.9 Å². The van der Waals surface area contributed by atoms with Crippen LogP contribution in [0.2, 0.25) is 0 Å². The van der Waals surface area contributed by atoms with Crippen molar-refractivity contribution in [2.75, 3.05) is 12.3 Å². The van der Waals surface area contributed by atoms with Crippen LogP contribution in [0.1, 0.15) is 18.7 Å². The molecule has 2 heterocycles. The first kappa shape index (κ1) is 22.5. The van der Waals surface area contributed by atoms with Gasteiger partial charge < -0.3 is 11.5 Å². The molecule has 3 rings (SSSR count). The number of nitrogens with two attached hydrogens (primary N) is 3. The van der Waals surface area contributed by atoms with Crippen LogP contribution >= 0.6 is 0 Å². The number of sulfonamides is 2. The topological polar surface area (TPSA) is 219 Å². The number of hydrazine groups is 3. The molecule has 0 saturated carbocycles. The van der Waals surface area contributed by atoms with Gasteiger partial charge in [-0.1, -0.05) is 6.07 Å². The van der Waals surface area contributed by atoms with Gasteiger partial charge in [0, 0.05) is 24.3 Å². The Morgan fingerprint density at radius 1 is 1.17 bits per heavy atom. The fraction of sp³-hybridized carbons (Fsp3) is 0.267. The van der Waals surface area contributed by atoms with Gasteiger partial charge in [-0.25, -0.2) is 42.5 Å². The molecule has 0 radical (unpaired) electrons. The van der Waals surface area contributed by atoms with E-state index in [4.69, 9.17) is 16.6 Å². The Bertz CT molecular complexity index is 1150. The average molecular weight is 458 g/mol. The Labute approximate surface area is 173 Å². The number of primary sulfonamides is 1. The second-order valence-corrected chi connectivity index (χ2v) is 9.78. The lowest BCUT2D eigenvalue weighted by Gasteiger charge is -2.22. The largest absolute Gasteiger partial charge is 0.384 e. The molecule has 11 N–H and O–H groups in total. The highest BCUT2D eigenvalue weighted by atomic mass is 32.2. The lowest BCUT2D eigenvalue weighted by molar-refractivity contribution is 0.531. The van der Waals surface area contributed by atoms with Crippen molar-refractivity contribution in [3.63, 3.8) is 0 Å². The summed E-state index contributed by atoms with van der Waals surface area (Å²) in [7, 11) is -8.77. The monoisotopic (exact) mass is 457 g/mol. The summed E-state index contributed by atoms with van der Waals surface area (Å²) in [5.41, 5.74) is 22.9. The third-order valence-corrected chi connectivity index (χ3v) is 7.09. The number of nitrogen functional groups attached to an aromatic ring is 1. The second-order valence-electron chi connectivity index (χ2n) is 6.60. The van der Waals surface area contributed by atoms with E-state index < -0.39 is 42.0 Å². The molecule has 30 heavy (non-hydrogen) atoms. The van der Waals surface area contributed by atoms with E-state index in [1.807, 2.05) is 0 Å². The van der Waals surface area contributed by atoms with E-state index >= 15 is 0 Å². The van der Waals surface area contributed by atoms with Crippen molar-refractivity contribution < 1.29 is 16.8 Å². The van der Waals surface area contributed by atoms with Crippen LogP contribution in [0.5, 0.6) is 0 Å². The van der Waals surface area contributed by atoms with Gasteiger partial charge in [-0.15, -0.1) is 0 Å². The van der Waals surface area contributed by atoms with Crippen LogP contribution in [0.4, 0.5) is 5.82 Å². The molecule has 1 atom stereocenters. The maximum Gasteiger partial charge on any atom is 0.242 e. The van der Waals surface area contributed by atoms with Gasteiger partial charge in [0.25, 0.3) is 0 Å². The molecule has 1 aliphatic rings. The molecular weight excluding hydrogens is 434 g/mol. The Hall–Kier alpha value is -2.21. The van der Waals surface area contributed by atoms with Crippen molar-refractivity contribution in [1.29, 1.82) is 0 Å². The van der Waals surface area contributed by atoms with Gasteiger partial charge in [0.1, 0.15) is 21.8 Å². The maximum atomic E-state index is 12.9. The highest BCUT2D eigenvalue weighted by Crippen LogP contribution is 2.36. The van der Waals surface area contributed by atoms with Gasteiger partial charge in [0.15, 0.2) is 0 Å². The van der Waals surface area contributed by atoms with E-state index in [1.54, 1.807) is 13.0 Å². The number of hydrogen-bond donors (Lipinski definition) is 8. The molecule has 1 fully saturated rings. The molecule has 1 aliphatic heterocycles. The minimum Gasteiger partial charge on any atom is -0.384 e. The number of aromatic nitrogens is 1. The zero-order chi connectivity index (χ0) is 22.1. The maximum absolute atomic E-state index is 12.9. The van der Waals surface area contributed by atoms with Crippen molar-refractivity contribution in [2.45, 2.75) is 28.9 Å². The molecule has 1 aromatic carbocycles. The minimum absolute atomic E-state index is 0.0186. The quantitative estimate of drug-likeness (QED) is 0.221. The zero-order valence-corrected chi connectivity index (χ0v) is 17.5. The summed E-state index contributed by atoms with van der Waals surface area (Å²) in [5.74, 6) is 0.203. The molecule has 2 aromatic rings. The first-order valence-corrected chi connectivity index (χ1v) is 11.7. The normalized spacial score (nSPS) is 16.6. The summed E-state index contributed by atoms with van der Waals surface area (Å²) >= 11 is 0. The highest BCUT2D eigenvalue weighted by molar-refractivity contribution is 7.92. The molecule has 0 spiro atoms. The Kier molecular flexibility index (Phi) is 6.37. The molecule has 13 nitrogen and oxygen atoms in total. The molecule has 164 valence electrons. The Balaban J connectivity index is 2.35. The number of nitrogens with one attached hydrogen (secondary N) is 5. The summed E-state index contributed by atoms with van der Waals surface area (Å²) in [6.07, 6.45) is 0.594. The van der Waals surface area contributed by atoms with Crippen LogP contribution in [-0.2, 0) is 20.0 Å². The molecular formula is C15H23N9O4S2. The molecule has 1 aromatic heterocycles. The molecule has 0 aliphatic carbocycles. The van der Waals surface area contributed by atoms with Crippen molar-refractivity contribution in [3.8, 4) is 11.1 Å². The lowest BCUT2D eigenvalue weighted by Crippen LogP contribution is -2.39.